The number of nitrogens with one attached hydrogen (secondary N) is 1. The maximum Gasteiger partial charge on any atom is 0.340 e. The van der Waals surface area contributed by atoms with E-state index in [1.54, 1.807) is 13.0 Å². The lowest BCUT2D eigenvalue weighted by atomic mass is 9.97. The molecule has 0 spiro atoms. The molecule has 4 aromatic rings. The van der Waals surface area contributed by atoms with Crippen molar-refractivity contribution in [1.29, 1.82) is 0 Å². The summed E-state index contributed by atoms with van der Waals surface area (Å²) in [6.45, 7) is 2.66. The molecule has 0 unspecified atom stereocenters. The van der Waals surface area contributed by atoms with Crippen LogP contribution in [0.4, 0.5) is 4.39 Å². The van der Waals surface area contributed by atoms with Gasteiger partial charge in [-0.3, -0.25) is 0 Å². The molecule has 0 saturated carbocycles. The number of esters is 1. The Balaban J connectivity index is 1.97. The average Bonchev–Trinajstić information content (AvgIpc) is 3.00. The molecule has 0 amide bonds. The van der Waals surface area contributed by atoms with Gasteiger partial charge in [0.25, 0.3) is 0 Å². The van der Waals surface area contributed by atoms with E-state index in [-0.39, 0.29) is 11.8 Å². The quantitative estimate of drug-likeness (QED) is 0.486. The van der Waals surface area contributed by atoms with E-state index in [0.29, 0.717) is 24.1 Å². The summed E-state index contributed by atoms with van der Waals surface area (Å²) in [5.41, 5.74) is 4.08. The number of nitrogens with zero attached hydrogens (tertiary/aromatic N) is 1. The van der Waals surface area contributed by atoms with Crippen molar-refractivity contribution in [1.82, 2.24) is 9.88 Å². The Labute approximate surface area is 168 Å². The molecular weight excluding hydrogens is 367 g/mol. The first-order valence-corrected chi connectivity index (χ1v) is 9.67. The Bertz CT molecular complexity index is 1220. The Hall–Kier alpha value is -3.18. The van der Waals surface area contributed by atoms with Crippen molar-refractivity contribution in [3.8, 4) is 11.1 Å². The Morgan fingerprint density at radius 3 is 2.62 bits per heavy atom. The number of halogens is 1. The van der Waals surface area contributed by atoms with Gasteiger partial charge in [-0.25, -0.2) is 9.18 Å². The third-order valence-corrected chi connectivity index (χ3v) is 5.31. The fourth-order valence-corrected chi connectivity index (χ4v) is 4.00. The molecule has 29 heavy (non-hydrogen) atoms. The molecule has 1 N–H and O–H groups in total. The van der Waals surface area contributed by atoms with E-state index in [1.165, 1.54) is 6.07 Å². The summed E-state index contributed by atoms with van der Waals surface area (Å²) in [6.07, 6.45) is 0. The van der Waals surface area contributed by atoms with Gasteiger partial charge in [-0.1, -0.05) is 42.5 Å². The molecule has 0 bridgehead atoms. The molecule has 1 aromatic heterocycles. The lowest BCUT2D eigenvalue weighted by Crippen LogP contribution is -2.14. The van der Waals surface area contributed by atoms with Crippen LogP contribution in [0.2, 0.25) is 0 Å². The highest BCUT2D eigenvalue weighted by molar-refractivity contribution is 6.07. The highest BCUT2D eigenvalue weighted by Gasteiger charge is 2.22. The summed E-state index contributed by atoms with van der Waals surface area (Å²) in [5.74, 6) is -0.569. The minimum Gasteiger partial charge on any atom is -0.462 e. The minimum absolute atomic E-state index is 0.242. The SMILES string of the molecule is CCOC(=O)c1c(CNC)n(C)c2cc(-c3cccc4cccc(F)c34)ccc12. The predicted molar refractivity (Wildman–Crippen MR) is 115 cm³/mol. The van der Waals surface area contributed by atoms with Gasteiger partial charge in [0.15, 0.2) is 0 Å². The van der Waals surface area contributed by atoms with Gasteiger partial charge in [0.2, 0.25) is 0 Å². The number of aryl methyl sites for hydroxylation is 1. The van der Waals surface area contributed by atoms with Crippen LogP contribution >= 0.6 is 0 Å². The van der Waals surface area contributed by atoms with Crippen LogP contribution in [0.15, 0.2) is 54.6 Å². The van der Waals surface area contributed by atoms with Crippen LogP contribution in [0.3, 0.4) is 0 Å². The second-order valence-corrected chi connectivity index (χ2v) is 7.01. The minimum atomic E-state index is -0.327. The van der Waals surface area contributed by atoms with E-state index >= 15 is 0 Å². The Morgan fingerprint density at radius 2 is 1.90 bits per heavy atom. The van der Waals surface area contributed by atoms with Gasteiger partial charge in [-0.2, -0.15) is 0 Å². The molecule has 0 aliphatic heterocycles. The van der Waals surface area contributed by atoms with Gasteiger partial charge >= 0.3 is 5.97 Å². The van der Waals surface area contributed by atoms with E-state index in [9.17, 15) is 9.18 Å². The van der Waals surface area contributed by atoms with Crippen molar-refractivity contribution in [2.24, 2.45) is 7.05 Å². The number of benzene rings is 3. The lowest BCUT2D eigenvalue weighted by molar-refractivity contribution is 0.0527. The van der Waals surface area contributed by atoms with E-state index in [2.05, 4.69) is 5.32 Å². The first-order chi connectivity index (χ1) is 14.1. The number of hydrogen-bond donors (Lipinski definition) is 1. The van der Waals surface area contributed by atoms with Gasteiger partial charge in [-0.05, 0) is 42.6 Å². The van der Waals surface area contributed by atoms with Crippen LogP contribution < -0.4 is 5.32 Å². The van der Waals surface area contributed by atoms with E-state index in [0.717, 1.165) is 33.1 Å². The van der Waals surface area contributed by atoms with Crippen molar-refractivity contribution in [3.63, 3.8) is 0 Å². The first-order valence-electron chi connectivity index (χ1n) is 9.67. The molecule has 0 atom stereocenters. The number of carbonyl (C=O) groups excluding carboxylic acids is 1. The number of carbonyl (C=O) groups is 1. The van der Waals surface area contributed by atoms with Crippen LogP contribution in [-0.2, 0) is 18.3 Å². The predicted octanol–water partition coefficient (Wildman–Crippen LogP) is 5.03. The molecule has 0 aliphatic carbocycles. The molecule has 148 valence electrons. The standard InChI is InChI=1S/C24H23FN2O2/c1-4-29-24(28)23-18-12-11-16(13-20(18)27(3)21(23)14-26-2)17-9-5-7-15-8-6-10-19(25)22(15)17/h5-13,26H,4,14H2,1-3H3. The zero-order valence-corrected chi connectivity index (χ0v) is 16.8. The molecule has 5 heteroatoms. The van der Waals surface area contributed by atoms with E-state index in [1.807, 2.05) is 61.1 Å². The molecule has 4 nitrogen and oxygen atoms in total. The third kappa shape index (κ3) is 3.17. The van der Waals surface area contributed by atoms with E-state index in [4.69, 9.17) is 4.74 Å². The van der Waals surface area contributed by atoms with Crippen LogP contribution in [0.1, 0.15) is 23.0 Å². The highest BCUT2D eigenvalue weighted by atomic mass is 19.1. The normalized spacial score (nSPS) is 11.3. The fourth-order valence-electron chi connectivity index (χ4n) is 4.00. The van der Waals surface area contributed by atoms with Crippen molar-refractivity contribution in [2.75, 3.05) is 13.7 Å². The van der Waals surface area contributed by atoms with Gasteiger partial charge < -0.3 is 14.6 Å². The summed E-state index contributed by atoms with van der Waals surface area (Å²) in [5, 5.41) is 5.42. The molecule has 1 heterocycles. The first kappa shape index (κ1) is 19.2. The van der Waals surface area contributed by atoms with Gasteiger partial charge in [0.1, 0.15) is 5.82 Å². The second kappa shape index (κ2) is 7.68. The Kier molecular flexibility index (Phi) is 5.07. The average molecular weight is 390 g/mol. The molecule has 4 rings (SSSR count). The topological polar surface area (TPSA) is 43.3 Å². The molecule has 0 radical (unpaired) electrons. The largest absolute Gasteiger partial charge is 0.462 e. The van der Waals surface area contributed by atoms with Gasteiger partial charge in [0.05, 0.1) is 12.2 Å². The zero-order valence-electron chi connectivity index (χ0n) is 16.8. The van der Waals surface area contributed by atoms with Crippen LogP contribution in [0.5, 0.6) is 0 Å². The summed E-state index contributed by atoms with van der Waals surface area (Å²) in [4.78, 5) is 12.6. The van der Waals surface area contributed by atoms with Crippen LogP contribution in [0, 0.1) is 5.82 Å². The van der Waals surface area contributed by atoms with Crippen LogP contribution in [0.25, 0.3) is 32.8 Å². The van der Waals surface area contributed by atoms with Gasteiger partial charge in [0, 0.05) is 35.6 Å². The van der Waals surface area contributed by atoms with Crippen molar-refractivity contribution < 1.29 is 13.9 Å². The maximum atomic E-state index is 14.6. The van der Waals surface area contributed by atoms with E-state index < -0.39 is 0 Å². The number of ether oxygens (including phenoxy) is 1. The number of hydrogen-bond acceptors (Lipinski definition) is 3. The lowest BCUT2D eigenvalue weighted by Gasteiger charge is -2.09. The van der Waals surface area contributed by atoms with Crippen molar-refractivity contribution in [2.45, 2.75) is 13.5 Å². The summed E-state index contributed by atoms with van der Waals surface area (Å²) in [7, 11) is 3.78. The Morgan fingerprint density at radius 1 is 1.14 bits per heavy atom. The molecule has 0 fully saturated rings. The number of rotatable bonds is 5. The molecular formula is C24H23FN2O2. The summed E-state index contributed by atoms with van der Waals surface area (Å²) >= 11 is 0. The molecule has 3 aromatic carbocycles. The highest BCUT2D eigenvalue weighted by Crippen LogP contribution is 2.34. The zero-order chi connectivity index (χ0) is 20.5. The molecule has 0 aliphatic rings. The summed E-state index contributed by atoms with van der Waals surface area (Å²) in [6, 6.07) is 16.8. The van der Waals surface area contributed by atoms with Crippen molar-refractivity contribution in [3.05, 3.63) is 71.7 Å². The fraction of sp³-hybridized carbons (Fsp3) is 0.208. The number of aromatic nitrogens is 1. The molecule has 0 saturated heterocycles. The third-order valence-electron chi connectivity index (χ3n) is 5.31. The maximum absolute atomic E-state index is 14.6. The second-order valence-electron chi connectivity index (χ2n) is 7.01. The van der Waals surface area contributed by atoms with Crippen LogP contribution in [-0.4, -0.2) is 24.2 Å². The smallest absolute Gasteiger partial charge is 0.340 e. The summed E-state index contributed by atoms with van der Waals surface area (Å²) < 4.78 is 21.9. The van der Waals surface area contributed by atoms with Gasteiger partial charge in [-0.15, -0.1) is 0 Å². The number of fused-ring (bicyclic) bond motifs is 2. The van der Waals surface area contributed by atoms with Crippen molar-refractivity contribution >= 4 is 27.6 Å². The monoisotopic (exact) mass is 390 g/mol.